The van der Waals surface area contributed by atoms with Gasteiger partial charge in [0.25, 0.3) is 0 Å². The highest BCUT2D eigenvalue weighted by atomic mass is 32.2. The molecule has 0 aliphatic rings. The molecule has 0 amide bonds. The molecule has 2 heterocycles. The van der Waals surface area contributed by atoms with Gasteiger partial charge in [0.15, 0.2) is 0 Å². The zero-order valence-corrected chi connectivity index (χ0v) is 13.8. The van der Waals surface area contributed by atoms with Gasteiger partial charge in [-0.2, -0.15) is 10.1 Å². The lowest BCUT2D eigenvalue weighted by Gasteiger charge is -1.97. The predicted octanol–water partition coefficient (Wildman–Crippen LogP) is 2.39. The Morgan fingerprint density at radius 3 is 3.21 bits per heavy atom. The third kappa shape index (κ3) is 3.93. The van der Waals surface area contributed by atoms with Crippen molar-refractivity contribution in [1.82, 2.24) is 20.2 Å². The Morgan fingerprint density at radius 2 is 2.33 bits per heavy atom. The minimum Gasteiger partial charge on any atom is -0.465 e. The second-order valence-corrected chi connectivity index (χ2v) is 5.66. The van der Waals surface area contributed by atoms with Gasteiger partial charge in [0.2, 0.25) is 11.1 Å². The van der Waals surface area contributed by atoms with Crippen molar-refractivity contribution in [2.24, 2.45) is 5.10 Å². The molecule has 3 N–H and O–H groups in total. The molecular weight excluding hydrogens is 328 g/mol. The molecule has 0 saturated carbocycles. The number of H-pyrrole nitrogens is 2. The topological polar surface area (TPSA) is 108 Å². The summed E-state index contributed by atoms with van der Waals surface area (Å²) < 4.78 is 4.84. The van der Waals surface area contributed by atoms with E-state index in [0.717, 1.165) is 16.5 Å². The van der Waals surface area contributed by atoms with Crippen molar-refractivity contribution in [3.8, 4) is 0 Å². The van der Waals surface area contributed by atoms with E-state index in [4.69, 9.17) is 4.74 Å². The first kappa shape index (κ1) is 16.1. The summed E-state index contributed by atoms with van der Waals surface area (Å²) >= 11 is 1.20. The van der Waals surface area contributed by atoms with Crippen molar-refractivity contribution in [3.63, 3.8) is 0 Å². The van der Waals surface area contributed by atoms with E-state index in [0.29, 0.717) is 17.7 Å². The van der Waals surface area contributed by atoms with E-state index in [1.54, 1.807) is 13.1 Å². The summed E-state index contributed by atoms with van der Waals surface area (Å²) in [5.41, 5.74) is 4.80. The largest absolute Gasteiger partial charge is 0.465 e. The monoisotopic (exact) mass is 344 g/mol. The molecule has 0 aliphatic heterocycles. The van der Waals surface area contributed by atoms with Gasteiger partial charge in [0.05, 0.1) is 18.6 Å². The number of nitrogens with zero attached hydrogens (tertiary/aromatic N) is 3. The van der Waals surface area contributed by atoms with Crippen LogP contribution in [0.4, 0.5) is 5.95 Å². The van der Waals surface area contributed by atoms with Crippen LogP contribution in [0.3, 0.4) is 0 Å². The summed E-state index contributed by atoms with van der Waals surface area (Å²) in [7, 11) is 0. The second kappa shape index (κ2) is 7.64. The number of aromatic amines is 2. The number of para-hydroxylation sites is 1. The van der Waals surface area contributed by atoms with E-state index in [9.17, 15) is 4.79 Å². The average molecular weight is 344 g/mol. The SMILES string of the molecule is CCOC(=O)CSc1n[nH]c(N/N=C/c2c[nH]c3ccccc23)n1. The predicted molar refractivity (Wildman–Crippen MR) is 93.3 cm³/mol. The van der Waals surface area contributed by atoms with Gasteiger partial charge < -0.3 is 9.72 Å². The molecule has 0 aliphatic carbocycles. The van der Waals surface area contributed by atoms with Crippen LogP contribution in [0.25, 0.3) is 10.9 Å². The number of anilines is 1. The van der Waals surface area contributed by atoms with Crippen LogP contribution >= 0.6 is 11.8 Å². The minimum absolute atomic E-state index is 0.170. The van der Waals surface area contributed by atoms with Gasteiger partial charge in [-0.3, -0.25) is 4.79 Å². The Bertz CT molecular complexity index is 856. The number of esters is 1. The summed E-state index contributed by atoms with van der Waals surface area (Å²) in [6.07, 6.45) is 3.59. The number of rotatable bonds is 7. The Hall–Kier alpha value is -2.81. The molecule has 0 spiro atoms. The summed E-state index contributed by atoms with van der Waals surface area (Å²) in [5.74, 6) is 0.278. The molecule has 2 aromatic heterocycles. The lowest BCUT2D eigenvalue weighted by atomic mass is 10.2. The van der Waals surface area contributed by atoms with Gasteiger partial charge in [-0.05, 0) is 13.0 Å². The van der Waals surface area contributed by atoms with Crippen LogP contribution in [0.2, 0.25) is 0 Å². The fraction of sp³-hybridized carbons (Fsp3) is 0.200. The Morgan fingerprint density at radius 1 is 1.46 bits per heavy atom. The van der Waals surface area contributed by atoms with Crippen molar-refractivity contribution in [2.45, 2.75) is 12.1 Å². The van der Waals surface area contributed by atoms with Crippen molar-refractivity contribution in [3.05, 3.63) is 36.0 Å². The van der Waals surface area contributed by atoms with Gasteiger partial charge in [-0.15, -0.1) is 5.10 Å². The van der Waals surface area contributed by atoms with E-state index in [1.165, 1.54) is 11.8 Å². The molecule has 0 fully saturated rings. The highest BCUT2D eigenvalue weighted by Gasteiger charge is 2.07. The first-order valence-electron chi connectivity index (χ1n) is 7.32. The van der Waals surface area contributed by atoms with Crippen LogP contribution in [0.15, 0.2) is 40.7 Å². The smallest absolute Gasteiger partial charge is 0.316 e. The third-order valence-corrected chi connectivity index (χ3v) is 3.91. The lowest BCUT2D eigenvalue weighted by Crippen LogP contribution is -2.06. The number of hydrogen-bond acceptors (Lipinski definition) is 7. The fourth-order valence-electron chi connectivity index (χ4n) is 2.05. The van der Waals surface area contributed by atoms with Gasteiger partial charge in [0.1, 0.15) is 0 Å². The minimum atomic E-state index is -0.292. The van der Waals surface area contributed by atoms with Crippen molar-refractivity contribution in [2.75, 3.05) is 17.8 Å². The Labute approximate surface area is 142 Å². The Kier molecular flexibility index (Phi) is 5.12. The molecule has 0 saturated heterocycles. The number of thioether (sulfide) groups is 1. The van der Waals surface area contributed by atoms with Gasteiger partial charge >= 0.3 is 5.97 Å². The van der Waals surface area contributed by atoms with Gasteiger partial charge in [0, 0.05) is 22.7 Å². The summed E-state index contributed by atoms with van der Waals surface area (Å²) in [5, 5.41) is 12.4. The average Bonchev–Trinajstić information content (AvgIpc) is 3.21. The Balaban J connectivity index is 1.56. The summed E-state index contributed by atoms with van der Waals surface area (Å²) in [6.45, 7) is 2.13. The fourth-order valence-corrected chi connectivity index (χ4v) is 2.65. The number of benzene rings is 1. The maximum Gasteiger partial charge on any atom is 0.316 e. The zero-order chi connectivity index (χ0) is 16.8. The van der Waals surface area contributed by atoms with Crippen molar-refractivity contribution < 1.29 is 9.53 Å². The summed E-state index contributed by atoms with van der Waals surface area (Å²) in [4.78, 5) is 18.6. The quantitative estimate of drug-likeness (QED) is 0.263. The maximum absolute atomic E-state index is 11.3. The highest BCUT2D eigenvalue weighted by Crippen LogP contribution is 2.16. The number of hydrazone groups is 1. The molecular formula is C15H16N6O2S. The molecule has 8 nitrogen and oxygen atoms in total. The number of hydrogen-bond donors (Lipinski definition) is 3. The first-order chi connectivity index (χ1) is 11.8. The molecule has 24 heavy (non-hydrogen) atoms. The molecule has 0 atom stereocenters. The first-order valence-corrected chi connectivity index (χ1v) is 8.31. The summed E-state index contributed by atoms with van der Waals surface area (Å²) in [6, 6.07) is 7.97. The van der Waals surface area contributed by atoms with E-state index in [2.05, 4.69) is 30.7 Å². The van der Waals surface area contributed by atoms with Gasteiger partial charge in [-0.25, -0.2) is 10.5 Å². The van der Waals surface area contributed by atoms with E-state index in [-0.39, 0.29) is 11.7 Å². The lowest BCUT2D eigenvalue weighted by molar-refractivity contribution is -0.139. The van der Waals surface area contributed by atoms with Crippen LogP contribution in [0, 0.1) is 0 Å². The number of carbonyl (C=O) groups is 1. The molecule has 1 aromatic carbocycles. The number of fused-ring (bicyclic) bond motifs is 1. The number of aromatic nitrogens is 4. The van der Waals surface area contributed by atoms with Crippen LogP contribution in [-0.4, -0.2) is 44.7 Å². The molecule has 0 unspecified atom stereocenters. The van der Waals surface area contributed by atoms with Crippen LogP contribution < -0.4 is 5.43 Å². The van der Waals surface area contributed by atoms with Crippen molar-refractivity contribution in [1.29, 1.82) is 0 Å². The number of carbonyl (C=O) groups excluding carboxylic acids is 1. The normalized spacial score (nSPS) is 11.2. The standard InChI is InChI=1S/C15H16N6O2S/c1-2-23-13(22)9-24-15-18-14(20-21-15)19-17-8-10-7-16-12-6-4-3-5-11(10)12/h3-8,16H,2,9H2,1H3,(H2,18,19,20,21)/b17-8+. The van der Waals surface area contributed by atoms with Crippen LogP contribution in [0.5, 0.6) is 0 Å². The van der Waals surface area contributed by atoms with E-state index >= 15 is 0 Å². The van der Waals surface area contributed by atoms with Crippen molar-refractivity contribution >= 4 is 40.8 Å². The van der Waals surface area contributed by atoms with E-state index < -0.39 is 0 Å². The zero-order valence-electron chi connectivity index (χ0n) is 12.9. The molecule has 124 valence electrons. The third-order valence-electron chi connectivity index (χ3n) is 3.08. The number of nitrogens with one attached hydrogen (secondary N) is 3. The molecule has 9 heteroatoms. The molecule has 3 rings (SSSR count). The molecule has 0 radical (unpaired) electrons. The number of ether oxygens (including phenoxy) is 1. The van der Waals surface area contributed by atoms with Gasteiger partial charge in [-0.1, -0.05) is 30.0 Å². The molecule has 3 aromatic rings. The highest BCUT2D eigenvalue weighted by molar-refractivity contribution is 7.99. The van der Waals surface area contributed by atoms with Crippen LogP contribution in [0.1, 0.15) is 12.5 Å². The second-order valence-electron chi connectivity index (χ2n) is 4.72. The van der Waals surface area contributed by atoms with E-state index in [1.807, 2.05) is 30.5 Å². The maximum atomic E-state index is 11.3. The molecule has 0 bridgehead atoms. The van der Waals surface area contributed by atoms with Crippen LogP contribution in [-0.2, 0) is 9.53 Å².